The minimum absolute atomic E-state index is 0.121. The molecule has 1 aliphatic carbocycles. The van der Waals surface area contributed by atoms with Crippen LogP contribution in [0.15, 0.2) is 48.5 Å². The van der Waals surface area contributed by atoms with Crippen LogP contribution in [0.4, 0.5) is 5.69 Å². The summed E-state index contributed by atoms with van der Waals surface area (Å²) in [5.74, 6) is 2.40. The Kier molecular flexibility index (Phi) is 4.85. The van der Waals surface area contributed by atoms with Gasteiger partial charge in [-0.1, -0.05) is 39.8 Å². The van der Waals surface area contributed by atoms with E-state index >= 15 is 0 Å². The van der Waals surface area contributed by atoms with Gasteiger partial charge in [-0.25, -0.2) is 0 Å². The molecule has 1 N–H and O–H groups in total. The largest absolute Gasteiger partial charge is 0.457 e. The fourth-order valence-electron chi connectivity index (χ4n) is 2.84. The molecular weight excluding hydrogens is 310 g/mol. The zero-order valence-corrected chi connectivity index (χ0v) is 15.5. The van der Waals surface area contributed by atoms with E-state index < -0.39 is 0 Å². The van der Waals surface area contributed by atoms with Crippen LogP contribution in [0, 0.1) is 11.8 Å². The minimum atomic E-state index is 0.121. The minimum Gasteiger partial charge on any atom is -0.457 e. The highest BCUT2D eigenvalue weighted by atomic mass is 16.5. The van der Waals surface area contributed by atoms with E-state index in [1.807, 2.05) is 36.4 Å². The Morgan fingerprint density at radius 2 is 1.60 bits per heavy atom. The van der Waals surface area contributed by atoms with Crippen molar-refractivity contribution in [3.05, 3.63) is 54.1 Å². The van der Waals surface area contributed by atoms with E-state index in [2.05, 4.69) is 45.1 Å². The predicted octanol–water partition coefficient (Wildman–Crippen LogP) is 5.76. The second kappa shape index (κ2) is 6.91. The molecule has 25 heavy (non-hydrogen) atoms. The Labute approximate surface area is 150 Å². The molecule has 2 atom stereocenters. The first kappa shape index (κ1) is 17.5. The van der Waals surface area contributed by atoms with E-state index in [1.165, 1.54) is 5.56 Å². The Morgan fingerprint density at radius 1 is 1.08 bits per heavy atom. The highest BCUT2D eigenvalue weighted by Gasteiger charge is 2.39. The third kappa shape index (κ3) is 4.22. The van der Waals surface area contributed by atoms with Gasteiger partial charge in [-0.3, -0.25) is 4.79 Å². The average Bonchev–Trinajstić information content (AvgIpc) is 3.34. The molecule has 1 fully saturated rings. The fourth-order valence-corrected chi connectivity index (χ4v) is 2.84. The predicted molar refractivity (Wildman–Crippen MR) is 102 cm³/mol. The molecule has 0 spiro atoms. The van der Waals surface area contributed by atoms with Gasteiger partial charge in [-0.15, -0.1) is 0 Å². The first-order valence-electron chi connectivity index (χ1n) is 9.08. The summed E-state index contributed by atoms with van der Waals surface area (Å²) < 4.78 is 5.90. The summed E-state index contributed by atoms with van der Waals surface area (Å²) in [6.45, 7) is 8.80. The van der Waals surface area contributed by atoms with E-state index in [-0.39, 0.29) is 17.2 Å². The van der Waals surface area contributed by atoms with Crippen LogP contribution in [0.1, 0.15) is 46.1 Å². The third-order valence-corrected chi connectivity index (χ3v) is 5.32. The summed E-state index contributed by atoms with van der Waals surface area (Å²) in [5.41, 5.74) is 2.31. The lowest BCUT2D eigenvalue weighted by Gasteiger charge is -2.23. The maximum Gasteiger partial charge on any atom is 0.227 e. The van der Waals surface area contributed by atoms with E-state index in [9.17, 15) is 4.79 Å². The Hall–Kier alpha value is -2.29. The molecule has 1 amide bonds. The smallest absolute Gasteiger partial charge is 0.227 e. The standard InChI is InChI=1S/C22H27NO2/c1-5-22(3,4)16-6-10-18(11-7-16)25-19-12-8-17(9-13-19)23-21(24)20-14-15(20)2/h6-13,15,20H,5,14H2,1-4H3,(H,23,24)/t15-,20+/m0/s1. The highest BCUT2D eigenvalue weighted by Crippen LogP contribution is 2.38. The molecule has 1 saturated carbocycles. The van der Waals surface area contributed by atoms with Crippen LogP contribution in [-0.2, 0) is 10.2 Å². The van der Waals surface area contributed by atoms with Gasteiger partial charge in [0.15, 0.2) is 0 Å². The summed E-state index contributed by atoms with van der Waals surface area (Å²) >= 11 is 0. The van der Waals surface area contributed by atoms with Gasteiger partial charge >= 0.3 is 0 Å². The van der Waals surface area contributed by atoms with Crippen LogP contribution in [-0.4, -0.2) is 5.91 Å². The molecule has 3 heteroatoms. The van der Waals surface area contributed by atoms with Crippen molar-refractivity contribution in [2.24, 2.45) is 11.8 Å². The van der Waals surface area contributed by atoms with Gasteiger partial charge in [0.25, 0.3) is 0 Å². The molecule has 0 heterocycles. The van der Waals surface area contributed by atoms with Crippen molar-refractivity contribution in [2.75, 3.05) is 5.32 Å². The second-order valence-electron chi connectivity index (χ2n) is 7.70. The first-order chi connectivity index (χ1) is 11.9. The molecule has 0 aromatic heterocycles. The lowest BCUT2D eigenvalue weighted by atomic mass is 9.82. The van der Waals surface area contributed by atoms with Crippen molar-refractivity contribution in [3.8, 4) is 11.5 Å². The molecule has 3 nitrogen and oxygen atoms in total. The second-order valence-corrected chi connectivity index (χ2v) is 7.70. The highest BCUT2D eigenvalue weighted by molar-refractivity contribution is 5.94. The molecule has 0 bridgehead atoms. The number of hydrogen-bond donors (Lipinski definition) is 1. The summed E-state index contributed by atoms with van der Waals surface area (Å²) in [5, 5.41) is 2.96. The molecule has 2 aromatic carbocycles. The molecular formula is C22H27NO2. The van der Waals surface area contributed by atoms with Gasteiger partial charge in [-0.05, 0) is 66.1 Å². The van der Waals surface area contributed by atoms with Crippen molar-refractivity contribution >= 4 is 11.6 Å². The number of rotatable bonds is 6. The summed E-state index contributed by atoms with van der Waals surface area (Å²) in [6.07, 6.45) is 2.10. The van der Waals surface area contributed by atoms with Crippen LogP contribution in [0.25, 0.3) is 0 Å². The fraction of sp³-hybridized carbons (Fsp3) is 0.409. The molecule has 1 aliphatic rings. The Balaban J connectivity index is 1.60. The number of carbonyl (C=O) groups is 1. The Morgan fingerprint density at radius 3 is 2.08 bits per heavy atom. The van der Waals surface area contributed by atoms with Crippen molar-refractivity contribution in [1.82, 2.24) is 0 Å². The number of benzene rings is 2. The number of nitrogens with one attached hydrogen (secondary N) is 1. The lowest BCUT2D eigenvalue weighted by Crippen LogP contribution is -2.14. The molecule has 0 saturated heterocycles. The van der Waals surface area contributed by atoms with Gasteiger partial charge in [0.2, 0.25) is 5.91 Å². The normalized spacial score (nSPS) is 19.4. The number of amides is 1. The number of anilines is 1. The van der Waals surface area contributed by atoms with E-state index in [0.29, 0.717) is 5.92 Å². The van der Waals surface area contributed by atoms with Crippen LogP contribution in [0.3, 0.4) is 0 Å². The van der Waals surface area contributed by atoms with Crippen LogP contribution in [0.2, 0.25) is 0 Å². The molecule has 132 valence electrons. The average molecular weight is 337 g/mol. The van der Waals surface area contributed by atoms with Crippen molar-refractivity contribution < 1.29 is 9.53 Å². The van der Waals surface area contributed by atoms with Gasteiger partial charge in [0, 0.05) is 11.6 Å². The van der Waals surface area contributed by atoms with Gasteiger partial charge in [0.1, 0.15) is 11.5 Å². The van der Waals surface area contributed by atoms with Gasteiger partial charge in [-0.2, -0.15) is 0 Å². The zero-order valence-electron chi connectivity index (χ0n) is 15.5. The summed E-state index contributed by atoms with van der Waals surface area (Å²) in [6, 6.07) is 15.8. The maximum atomic E-state index is 12.0. The SMILES string of the molecule is CCC(C)(C)c1ccc(Oc2ccc(NC(=O)[C@@H]3C[C@@H]3C)cc2)cc1. The molecule has 0 aliphatic heterocycles. The summed E-state index contributed by atoms with van der Waals surface area (Å²) in [7, 11) is 0. The lowest BCUT2D eigenvalue weighted by molar-refractivity contribution is -0.117. The molecule has 0 unspecified atom stereocenters. The quantitative estimate of drug-likeness (QED) is 0.727. The third-order valence-electron chi connectivity index (χ3n) is 5.32. The monoisotopic (exact) mass is 337 g/mol. The van der Waals surface area contributed by atoms with E-state index in [1.54, 1.807) is 0 Å². The Bertz CT molecular complexity index is 732. The summed E-state index contributed by atoms with van der Waals surface area (Å²) in [4.78, 5) is 12.0. The van der Waals surface area contributed by atoms with Crippen molar-refractivity contribution in [1.29, 1.82) is 0 Å². The topological polar surface area (TPSA) is 38.3 Å². The number of ether oxygens (including phenoxy) is 1. The zero-order chi connectivity index (χ0) is 18.0. The van der Waals surface area contributed by atoms with Crippen LogP contribution < -0.4 is 10.1 Å². The number of hydrogen-bond acceptors (Lipinski definition) is 2. The van der Waals surface area contributed by atoms with Crippen molar-refractivity contribution in [2.45, 2.75) is 46.0 Å². The molecule has 3 rings (SSSR count). The molecule has 2 aromatic rings. The van der Waals surface area contributed by atoms with E-state index in [4.69, 9.17) is 4.74 Å². The van der Waals surface area contributed by atoms with Crippen molar-refractivity contribution in [3.63, 3.8) is 0 Å². The van der Waals surface area contributed by atoms with Crippen LogP contribution >= 0.6 is 0 Å². The van der Waals surface area contributed by atoms with Gasteiger partial charge < -0.3 is 10.1 Å². The maximum absolute atomic E-state index is 12.0. The molecule has 0 radical (unpaired) electrons. The first-order valence-corrected chi connectivity index (χ1v) is 9.08. The van der Waals surface area contributed by atoms with E-state index in [0.717, 1.165) is 30.0 Å². The number of carbonyl (C=O) groups excluding carboxylic acids is 1. The van der Waals surface area contributed by atoms with Gasteiger partial charge in [0.05, 0.1) is 0 Å². The van der Waals surface area contributed by atoms with Crippen LogP contribution in [0.5, 0.6) is 11.5 Å².